The Kier molecular flexibility index (Phi) is 6.94. The second-order valence-electron chi connectivity index (χ2n) is 11.9. The molecule has 1 saturated carbocycles. The Balaban J connectivity index is 1.90. The average molecular weight is 546 g/mol. The monoisotopic (exact) mass is 545 g/mol. The summed E-state index contributed by atoms with van der Waals surface area (Å²) in [6, 6.07) is 0.0194. The maximum Gasteiger partial charge on any atom is 0.255 e. The first-order valence-electron chi connectivity index (χ1n) is 12.9. The maximum atomic E-state index is 16.0. The second kappa shape index (κ2) is 9.42. The van der Waals surface area contributed by atoms with Crippen molar-refractivity contribution in [1.82, 2.24) is 9.80 Å². The largest absolute Gasteiger partial charge is 0.508 e. The standard InChI is InChI=1S/C28H36FN3O7/c1-7-32(27(2,3)4)11-13-10-16(33)18-14(20(13)29)8-12-9-15-21(31(5)6)23(35)19(26(30)38)25(37)28(15,39)24(36)17(12)22(18)34/h10,12,15,21,33-34,37,39H,7-9,11H2,1-6H3,(H2,30,38)/t12-,15-,21-,28-/m0/s1. The van der Waals surface area contributed by atoms with Gasteiger partial charge in [-0.15, -0.1) is 0 Å². The molecule has 0 aromatic heterocycles. The number of nitrogens with two attached hydrogens (primary N) is 1. The number of phenols is 1. The highest BCUT2D eigenvalue weighted by atomic mass is 19.1. The molecule has 3 aliphatic rings. The van der Waals surface area contributed by atoms with Gasteiger partial charge in [0.1, 0.15) is 28.7 Å². The number of aliphatic hydroxyl groups is 3. The number of carbonyl (C=O) groups is 3. The Morgan fingerprint density at radius 3 is 2.33 bits per heavy atom. The predicted molar refractivity (Wildman–Crippen MR) is 140 cm³/mol. The molecule has 11 heteroatoms. The first-order chi connectivity index (χ1) is 18.0. The number of carbonyl (C=O) groups excluding carboxylic acids is 3. The fourth-order valence-corrected chi connectivity index (χ4v) is 6.49. The number of likely N-dealkylation sites (N-methyl/N-ethyl adjacent to an activating group) is 1. The van der Waals surface area contributed by atoms with Crippen LogP contribution >= 0.6 is 0 Å². The summed E-state index contributed by atoms with van der Waals surface area (Å²) in [5.74, 6) is -8.24. The number of aromatic hydroxyl groups is 1. The third kappa shape index (κ3) is 4.14. The van der Waals surface area contributed by atoms with Crippen molar-refractivity contribution in [2.24, 2.45) is 17.6 Å². The summed E-state index contributed by atoms with van der Waals surface area (Å²) in [6.45, 7) is 8.73. The molecule has 0 aliphatic heterocycles. The Morgan fingerprint density at radius 2 is 1.82 bits per heavy atom. The summed E-state index contributed by atoms with van der Waals surface area (Å²) in [5.41, 5.74) is 1.12. The molecule has 0 spiro atoms. The molecule has 0 heterocycles. The number of nitrogens with zero attached hydrogens (tertiary/aromatic N) is 2. The number of fused-ring (bicyclic) bond motifs is 3. The van der Waals surface area contributed by atoms with Gasteiger partial charge in [0.2, 0.25) is 5.78 Å². The number of hydrogen-bond acceptors (Lipinski definition) is 9. The lowest BCUT2D eigenvalue weighted by Gasteiger charge is -2.50. The first kappa shape index (κ1) is 28.7. The fraction of sp³-hybridized carbons (Fsp3) is 0.536. The van der Waals surface area contributed by atoms with Gasteiger partial charge in [-0.2, -0.15) is 0 Å². The van der Waals surface area contributed by atoms with Gasteiger partial charge < -0.3 is 26.2 Å². The van der Waals surface area contributed by atoms with Crippen LogP contribution < -0.4 is 5.73 Å². The molecule has 4 atom stereocenters. The summed E-state index contributed by atoms with van der Waals surface area (Å²) >= 11 is 0. The van der Waals surface area contributed by atoms with Crippen LogP contribution in [0.25, 0.3) is 5.76 Å². The quantitative estimate of drug-likeness (QED) is 0.347. The number of Topliss-reactive ketones (excluding diaryl/α,β-unsaturated/α-hetero) is 2. The van der Waals surface area contributed by atoms with Crippen molar-refractivity contribution >= 4 is 23.2 Å². The Labute approximate surface area is 226 Å². The minimum absolute atomic E-state index is 0.0283. The van der Waals surface area contributed by atoms with E-state index < -0.39 is 69.6 Å². The number of aliphatic hydroxyl groups excluding tert-OH is 2. The van der Waals surface area contributed by atoms with Crippen molar-refractivity contribution in [2.75, 3.05) is 20.6 Å². The molecule has 212 valence electrons. The molecule has 3 aliphatic carbocycles. The summed E-state index contributed by atoms with van der Waals surface area (Å²) < 4.78 is 16.0. The van der Waals surface area contributed by atoms with Crippen molar-refractivity contribution in [1.29, 1.82) is 0 Å². The third-order valence-electron chi connectivity index (χ3n) is 8.42. The third-order valence-corrected chi connectivity index (χ3v) is 8.42. The van der Waals surface area contributed by atoms with E-state index in [9.17, 15) is 34.8 Å². The lowest BCUT2D eigenvalue weighted by atomic mass is 9.57. The normalized spacial score (nSPS) is 27.2. The molecular formula is C28H36FN3O7. The Morgan fingerprint density at radius 1 is 1.21 bits per heavy atom. The number of rotatable bonds is 5. The lowest BCUT2D eigenvalue weighted by Crippen LogP contribution is -2.65. The van der Waals surface area contributed by atoms with Crippen LogP contribution in [0.3, 0.4) is 0 Å². The molecule has 4 rings (SSSR count). The van der Waals surface area contributed by atoms with E-state index in [0.717, 1.165) is 0 Å². The van der Waals surface area contributed by atoms with Gasteiger partial charge in [-0.25, -0.2) is 4.39 Å². The van der Waals surface area contributed by atoms with Gasteiger partial charge in [0.25, 0.3) is 5.91 Å². The molecular weight excluding hydrogens is 509 g/mol. The lowest BCUT2D eigenvalue weighted by molar-refractivity contribution is -0.153. The minimum Gasteiger partial charge on any atom is -0.508 e. The van der Waals surface area contributed by atoms with Crippen LogP contribution in [0.15, 0.2) is 23.0 Å². The number of phenolic OH excluding ortho intramolecular Hbond substituents is 1. The highest BCUT2D eigenvalue weighted by Crippen LogP contribution is 2.53. The molecule has 0 bridgehead atoms. The molecule has 10 nitrogen and oxygen atoms in total. The van der Waals surface area contributed by atoms with Crippen LogP contribution in [-0.2, 0) is 27.3 Å². The van der Waals surface area contributed by atoms with Crippen LogP contribution in [0.2, 0.25) is 0 Å². The van der Waals surface area contributed by atoms with E-state index in [1.165, 1.54) is 25.1 Å². The van der Waals surface area contributed by atoms with Crippen LogP contribution in [0.4, 0.5) is 4.39 Å². The van der Waals surface area contributed by atoms with E-state index in [1.54, 1.807) is 0 Å². The smallest absolute Gasteiger partial charge is 0.255 e. The average Bonchev–Trinajstić information content (AvgIpc) is 2.81. The predicted octanol–water partition coefficient (Wildman–Crippen LogP) is 1.72. The fourth-order valence-electron chi connectivity index (χ4n) is 6.49. The summed E-state index contributed by atoms with van der Waals surface area (Å²) in [4.78, 5) is 42.5. The summed E-state index contributed by atoms with van der Waals surface area (Å²) in [7, 11) is 3.04. The number of primary amides is 1. The molecule has 0 unspecified atom stereocenters. The highest BCUT2D eigenvalue weighted by Gasteiger charge is 2.64. The molecule has 0 saturated heterocycles. The first-order valence-corrected chi connectivity index (χ1v) is 12.9. The molecule has 1 aromatic carbocycles. The zero-order chi connectivity index (χ0) is 29.4. The van der Waals surface area contributed by atoms with E-state index in [-0.39, 0.29) is 47.2 Å². The number of amides is 1. The van der Waals surface area contributed by atoms with Gasteiger partial charge in [-0.1, -0.05) is 6.92 Å². The van der Waals surface area contributed by atoms with Crippen molar-refractivity contribution < 1.29 is 39.2 Å². The number of ketones is 2. The van der Waals surface area contributed by atoms with E-state index in [4.69, 9.17) is 5.73 Å². The van der Waals surface area contributed by atoms with Gasteiger partial charge in [0.05, 0.1) is 11.6 Å². The zero-order valence-electron chi connectivity index (χ0n) is 23.0. The van der Waals surface area contributed by atoms with E-state index in [0.29, 0.717) is 6.54 Å². The van der Waals surface area contributed by atoms with Crippen LogP contribution in [-0.4, -0.2) is 85.5 Å². The maximum absolute atomic E-state index is 16.0. The molecule has 6 N–H and O–H groups in total. The van der Waals surface area contributed by atoms with Crippen molar-refractivity contribution in [3.05, 3.63) is 45.5 Å². The Bertz CT molecular complexity index is 1340. The molecule has 1 amide bonds. The van der Waals surface area contributed by atoms with E-state index in [1.807, 2.05) is 32.6 Å². The Hall–Kier alpha value is -3.28. The number of halogens is 1. The molecule has 1 fully saturated rings. The summed E-state index contributed by atoms with van der Waals surface area (Å²) in [6.07, 6.45) is -0.192. The SMILES string of the molecule is CCN(Cc1cc(O)c2c(c1F)C[C@H]1C[C@H]3[C@H](N(C)C)C(=O)C(C(N)=O)=C(O)[C@@]3(O)C(=O)C1=C2O)C(C)(C)C. The van der Waals surface area contributed by atoms with Crippen molar-refractivity contribution in [2.45, 2.75) is 64.3 Å². The zero-order valence-corrected chi connectivity index (χ0v) is 23.0. The van der Waals surface area contributed by atoms with Gasteiger partial charge in [0.15, 0.2) is 11.4 Å². The number of hydrogen-bond donors (Lipinski definition) is 5. The van der Waals surface area contributed by atoms with Gasteiger partial charge in [0, 0.05) is 34.7 Å². The van der Waals surface area contributed by atoms with Crippen LogP contribution in [0, 0.1) is 17.7 Å². The second-order valence-corrected chi connectivity index (χ2v) is 11.9. The highest BCUT2D eigenvalue weighted by molar-refractivity contribution is 6.24. The molecule has 0 radical (unpaired) electrons. The van der Waals surface area contributed by atoms with Crippen molar-refractivity contribution in [3.63, 3.8) is 0 Å². The van der Waals surface area contributed by atoms with Gasteiger partial charge >= 0.3 is 0 Å². The molecule has 1 aromatic rings. The van der Waals surface area contributed by atoms with E-state index in [2.05, 4.69) is 0 Å². The minimum atomic E-state index is -2.73. The summed E-state index contributed by atoms with van der Waals surface area (Å²) in [5, 5.41) is 44.6. The van der Waals surface area contributed by atoms with Gasteiger partial charge in [-0.05, 0) is 66.2 Å². The van der Waals surface area contributed by atoms with Gasteiger partial charge in [-0.3, -0.25) is 24.2 Å². The molecule has 39 heavy (non-hydrogen) atoms. The van der Waals surface area contributed by atoms with Crippen LogP contribution in [0.5, 0.6) is 5.75 Å². The van der Waals surface area contributed by atoms with Crippen LogP contribution in [0.1, 0.15) is 50.8 Å². The topological polar surface area (TPSA) is 165 Å². The van der Waals surface area contributed by atoms with Crippen molar-refractivity contribution in [3.8, 4) is 5.75 Å². The number of benzene rings is 1. The van der Waals surface area contributed by atoms with E-state index >= 15 is 4.39 Å².